The summed E-state index contributed by atoms with van der Waals surface area (Å²) in [5.41, 5.74) is 0.608. The van der Waals surface area contributed by atoms with E-state index in [-0.39, 0.29) is 17.3 Å². The van der Waals surface area contributed by atoms with Gasteiger partial charge in [-0.25, -0.2) is 13.6 Å². The Labute approximate surface area is 180 Å². The minimum absolute atomic E-state index is 0.0220. The Kier molecular flexibility index (Phi) is 5.30. The number of aliphatic hydroxyl groups is 1. The van der Waals surface area contributed by atoms with Crippen LogP contribution in [0.2, 0.25) is 0 Å². The molecule has 4 rings (SSSR count). The van der Waals surface area contributed by atoms with Crippen LogP contribution in [0.5, 0.6) is 5.75 Å². The molecule has 0 fully saturated rings. The molecule has 1 atom stereocenters. The van der Waals surface area contributed by atoms with Crippen LogP contribution in [-0.4, -0.2) is 38.0 Å². The first kappa shape index (κ1) is 21.0. The number of ether oxygens (including phenoxy) is 1. The third-order valence-corrected chi connectivity index (χ3v) is 6.45. The fraction of sp³-hybridized carbons (Fsp3) is 0.174. The molecule has 0 saturated heterocycles. The van der Waals surface area contributed by atoms with E-state index >= 15 is 0 Å². The van der Waals surface area contributed by atoms with E-state index in [1.807, 2.05) is 6.07 Å². The second-order valence-electron chi connectivity index (χ2n) is 7.35. The molecule has 1 aliphatic heterocycles. The van der Waals surface area contributed by atoms with E-state index in [1.54, 1.807) is 54.6 Å². The molecule has 3 N–H and O–H groups in total. The lowest BCUT2D eigenvalue weighted by molar-refractivity contribution is -0.0494. The van der Waals surface area contributed by atoms with Crippen molar-refractivity contribution in [3.05, 3.63) is 95.1 Å². The van der Waals surface area contributed by atoms with Gasteiger partial charge in [-0.1, -0.05) is 42.5 Å². The molecule has 1 heterocycles. The summed E-state index contributed by atoms with van der Waals surface area (Å²) in [7, 11) is -2.24. The molecule has 3 aromatic rings. The molecule has 8 heteroatoms. The van der Waals surface area contributed by atoms with Crippen molar-refractivity contribution in [3.8, 4) is 5.75 Å². The second-order valence-corrected chi connectivity index (χ2v) is 8.91. The van der Waals surface area contributed by atoms with Crippen LogP contribution in [-0.2, 0) is 22.2 Å². The van der Waals surface area contributed by atoms with Crippen molar-refractivity contribution in [3.63, 3.8) is 0 Å². The molecule has 1 unspecified atom stereocenters. The lowest BCUT2D eigenvalue weighted by Gasteiger charge is -2.35. The molecule has 1 aliphatic rings. The van der Waals surface area contributed by atoms with Gasteiger partial charge in [0.1, 0.15) is 5.75 Å². The fourth-order valence-electron chi connectivity index (χ4n) is 3.89. The molecule has 0 aromatic heterocycles. The molecule has 0 aliphatic carbocycles. The maximum atomic E-state index is 13.2. The number of rotatable bonds is 6. The number of primary sulfonamides is 1. The van der Waals surface area contributed by atoms with E-state index in [0.29, 0.717) is 28.9 Å². The maximum absolute atomic E-state index is 13.2. The lowest BCUT2D eigenvalue weighted by atomic mass is 9.93. The minimum Gasteiger partial charge on any atom is -0.497 e. The quantitative estimate of drug-likeness (QED) is 0.613. The number of methoxy groups -OCH3 is 1. The van der Waals surface area contributed by atoms with E-state index < -0.39 is 15.7 Å². The zero-order chi connectivity index (χ0) is 22.2. The van der Waals surface area contributed by atoms with Crippen LogP contribution in [0, 0.1) is 0 Å². The third-order valence-electron chi connectivity index (χ3n) is 5.52. The molecule has 31 heavy (non-hydrogen) atoms. The number of hydrogen-bond donors (Lipinski definition) is 2. The van der Waals surface area contributed by atoms with Crippen molar-refractivity contribution < 1.29 is 23.1 Å². The molecule has 0 spiro atoms. The Morgan fingerprint density at radius 2 is 1.71 bits per heavy atom. The first-order chi connectivity index (χ1) is 14.7. The van der Waals surface area contributed by atoms with E-state index in [1.165, 1.54) is 24.1 Å². The monoisotopic (exact) mass is 438 g/mol. The van der Waals surface area contributed by atoms with Gasteiger partial charge in [0, 0.05) is 23.2 Å². The van der Waals surface area contributed by atoms with Gasteiger partial charge in [-0.05, 0) is 42.3 Å². The van der Waals surface area contributed by atoms with Crippen LogP contribution in [0.25, 0.3) is 0 Å². The van der Waals surface area contributed by atoms with E-state index in [9.17, 15) is 18.3 Å². The van der Waals surface area contributed by atoms with E-state index in [4.69, 9.17) is 9.88 Å². The predicted octanol–water partition coefficient (Wildman–Crippen LogP) is 2.23. The topological polar surface area (TPSA) is 110 Å². The van der Waals surface area contributed by atoms with Gasteiger partial charge in [-0.15, -0.1) is 0 Å². The van der Waals surface area contributed by atoms with Crippen LogP contribution in [0.3, 0.4) is 0 Å². The van der Waals surface area contributed by atoms with Crippen molar-refractivity contribution in [1.29, 1.82) is 0 Å². The average molecular weight is 439 g/mol. The van der Waals surface area contributed by atoms with Gasteiger partial charge in [0.2, 0.25) is 10.0 Å². The highest BCUT2D eigenvalue weighted by molar-refractivity contribution is 7.89. The van der Waals surface area contributed by atoms with Gasteiger partial charge < -0.3 is 14.7 Å². The summed E-state index contributed by atoms with van der Waals surface area (Å²) in [6.45, 7) is 0.218. The van der Waals surface area contributed by atoms with Gasteiger partial charge in [-0.2, -0.15) is 0 Å². The normalized spacial score (nSPS) is 18.2. The number of carbonyl (C=O) groups is 1. The Balaban J connectivity index is 1.70. The predicted molar refractivity (Wildman–Crippen MR) is 115 cm³/mol. The van der Waals surface area contributed by atoms with Gasteiger partial charge in [0.25, 0.3) is 5.91 Å². The summed E-state index contributed by atoms with van der Waals surface area (Å²) in [6.07, 6.45) is 0.414. The lowest BCUT2D eigenvalue weighted by Crippen LogP contribution is -2.45. The Morgan fingerprint density at radius 3 is 2.32 bits per heavy atom. The van der Waals surface area contributed by atoms with Crippen molar-refractivity contribution in [2.24, 2.45) is 5.14 Å². The molecule has 1 amide bonds. The number of sulfonamides is 1. The first-order valence-electron chi connectivity index (χ1n) is 9.65. The molecule has 0 bridgehead atoms. The van der Waals surface area contributed by atoms with Gasteiger partial charge >= 0.3 is 0 Å². The number of benzene rings is 3. The number of amides is 1. The number of carbonyl (C=O) groups excluding carboxylic acids is 1. The zero-order valence-electron chi connectivity index (χ0n) is 16.9. The molecule has 160 valence electrons. The van der Waals surface area contributed by atoms with Gasteiger partial charge in [-0.3, -0.25) is 4.79 Å². The van der Waals surface area contributed by atoms with Crippen molar-refractivity contribution in [2.75, 3.05) is 13.7 Å². The average Bonchev–Trinajstić information content (AvgIpc) is 2.99. The highest BCUT2D eigenvalue weighted by Gasteiger charge is 2.49. The van der Waals surface area contributed by atoms with Crippen LogP contribution >= 0.6 is 0 Å². The van der Waals surface area contributed by atoms with Crippen LogP contribution in [0.15, 0.2) is 77.7 Å². The van der Waals surface area contributed by atoms with Crippen LogP contribution < -0.4 is 9.88 Å². The maximum Gasteiger partial charge on any atom is 0.257 e. The second kappa shape index (κ2) is 7.81. The first-order valence-corrected chi connectivity index (χ1v) is 11.2. The minimum atomic E-state index is -3.77. The smallest absolute Gasteiger partial charge is 0.257 e. The molecule has 7 nitrogen and oxygen atoms in total. The summed E-state index contributed by atoms with van der Waals surface area (Å²) < 4.78 is 28.2. The van der Waals surface area contributed by atoms with Crippen molar-refractivity contribution in [2.45, 2.75) is 17.0 Å². The highest BCUT2D eigenvalue weighted by Crippen LogP contribution is 2.43. The Morgan fingerprint density at radius 1 is 1.03 bits per heavy atom. The molecular weight excluding hydrogens is 416 g/mol. The number of nitrogens with zero attached hydrogens (tertiary/aromatic N) is 1. The summed E-state index contributed by atoms with van der Waals surface area (Å²) >= 11 is 0. The van der Waals surface area contributed by atoms with Crippen molar-refractivity contribution in [1.82, 2.24) is 4.90 Å². The van der Waals surface area contributed by atoms with Crippen molar-refractivity contribution >= 4 is 15.9 Å². The van der Waals surface area contributed by atoms with E-state index in [0.717, 1.165) is 5.56 Å². The van der Waals surface area contributed by atoms with Gasteiger partial charge in [0.15, 0.2) is 5.72 Å². The largest absolute Gasteiger partial charge is 0.497 e. The highest BCUT2D eigenvalue weighted by atomic mass is 32.2. The van der Waals surface area contributed by atoms with Crippen LogP contribution in [0.4, 0.5) is 0 Å². The molecular formula is C23H22N2O5S. The molecule has 3 aromatic carbocycles. The third kappa shape index (κ3) is 3.69. The van der Waals surface area contributed by atoms with Gasteiger partial charge in [0.05, 0.1) is 12.0 Å². The number of nitrogens with two attached hydrogens (primary N) is 1. The zero-order valence-corrected chi connectivity index (χ0v) is 17.7. The summed E-state index contributed by atoms with van der Waals surface area (Å²) in [4.78, 5) is 14.7. The SMILES string of the molecule is COc1ccc2c(c1)C(O)(c1ccccc1)N(CCc1ccc(S(N)(=O)=O)cc1)C2=O. The van der Waals surface area contributed by atoms with Crippen LogP contribution in [0.1, 0.15) is 27.0 Å². The molecule has 0 radical (unpaired) electrons. The Bertz CT molecular complexity index is 1230. The standard InChI is InChI=1S/C23H22N2O5S/c1-30-18-9-12-20-21(15-18)23(27,17-5-3-2-4-6-17)25(22(20)26)14-13-16-7-10-19(11-8-16)31(24,28)29/h2-12,15,27H,13-14H2,1H3,(H2,24,28,29). The molecule has 0 saturated carbocycles. The summed E-state index contributed by atoms with van der Waals surface area (Å²) in [5, 5.41) is 17.0. The number of hydrogen-bond acceptors (Lipinski definition) is 5. The fourth-order valence-corrected chi connectivity index (χ4v) is 4.41. The summed E-state index contributed by atoms with van der Waals surface area (Å²) in [6, 6.07) is 20.2. The number of fused-ring (bicyclic) bond motifs is 1. The Hall–Kier alpha value is -3.20. The van der Waals surface area contributed by atoms with E-state index in [2.05, 4.69) is 0 Å². The summed E-state index contributed by atoms with van der Waals surface area (Å²) in [5.74, 6) is 0.256.